The number of amides is 1. The van der Waals surface area contributed by atoms with Crippen LogP contribution >= 0.6 is 0 Å². The Morgan fingerprint density at radius 1 is 1.32 bits per heavy atom. The van der Waals surface area contributed by atoms with Gasteiger partial charge in [-0.3, -0.25) is 4.79 Å². The van der Waals surface area contributed by atoms with Crippen molar-refractivity contribution in [3.63, 3.8) is 0 Å². The predicted octanol–water partition coefficient (Wildman–Crippen LogP) is 3.46. The highest BCUT2D eigenvalue weighted by molar-refractivity contribution is 5.80. The fraction of sp³-hybridized carbons (Fsp3) is 0.286. The van der Waals surface area contributed by atoms with E-state index in [1.165, 1.54) is 0 Å². The van der Waals surface area contributed by atoms with Gasteiger partial charge in [-0.15, -0.1) is 6.58 Å². The monoisotopic (exact) mass is 337 g/mol. The molecule has 0 spiro atoms. The Morgan fingerprint density at radius 3 is 2.84 bits per heavy atom. The Morgan fingerprint density at radius 2 is 2.12 bits per heavy atom. The Labute approximate surface area is 148 Å². The predicted molar refractivity (Wildman–Crippen MR) is 97.7 cm³/mol. The lowest BCUT2D eigenvalue weighted by Crippen LogP contribution is -2.40. The van der Waals surface area contributed by atoms with Crippen LogP contribution in [-0.2, 0) is 17.8 Å². The highest BCUT2D eigenvalue weighted by Gasteiger charge is 2.29. The van der Waals surface area contributed by atoms with Crippen LogP contribution in [0.5, 0.6) is 11.5 Å². The van der Waals surface area contributed by atoms with E-state index in [9.17, 15) is 4.79 Å². The molecule has 4 heteroatoms. The van der Waals surface area contributed by atoms with Gasteiger partial charge in [-0.1, -0.05) is 36.4 Å². The third-order valence-electron chi connectivity index (χ3n) is 4.40. The van der Waals surface area contributed by atoms with Crippen LogP contribution in [0.1, 0.15) is 11.1 Å². The summed E-state index contributed by atoms with van der Waals surface area (Å²) in [7, 11) is 1.64. The Kier molecular flexibility index (Phi) is 5.39. The molecule has 0 radical (unpaired) electrons. The molecular formula is C21H23NO3. The van der Waals surface area contributed by atoms with E-state index in [1.807, 2.05) is 53.4 Å². The first-order valence-electron chi connectivity index (χ1n) is 8.44. The van der Waals surface area contributed by atoms with E-state index in [4.69, 9.17) is 9.47 Å². The molecular weight excluding hydrogens is 314 g/mol. The molecule has 25 heavy (non-hydrogen) atoms. The fourth-order valence-electron chi connectivity index (χ4n) is 3.11. The van der Waals surface area contributed by atoms with Gasteiger partial charge in [-0.25, -0.2) is 0 Å². The Balaban J connectivity index is 1.74. The molecule has 0 aromatic heterocycles. The number of ether oxygens (including phenoxy) is 2. The zero-order valence-corrected chi connectivity index (χ0v) is 14.5. The maximum absolute atomic E-state index is 13.0. The molecule has 2 aromatic rings. The average molecular weight is 337 g/mol. The van der Waals surface area contributed by atoms with Crippen molar-refractivity contribution >= 4 is 5.91 Å². The van der Waals surface area contributed by atoms with Gasteiger partial charge in [0.2, 0.25) is 5.91 Å². The number of fused-ring (bicyclic) bond motifs is 1. The van der Waals surface area contributed by atoms with Gasteiger partial charge < -0.3 is 14.4 Å². The molecule has 0 aliphatic carbocycles. The minimum absolute atomic E-state index is 0.0947. The van der Waals surface area contributed by atoms with Crippen LogP contribution < -0.4 is 9.47 Å². The van der Waals surface area contributed by atoms with E-state index in [0.29, 0.717) is 26.1 Å². The van der Waals surface area contributed by atoms with Gasteiger partial charge in [-0.2, -0.15) is 0 Å². The molecule has 1 aliphatic rings. The van der Waals surface area contributed by atoms with E-state index in [1.54, 1.807) is 13.2 Å². The molecule has 0 fully saturated rings. The smallest absolute Gasteiger partial charge is 0.230 e. The van der Waals surface area contributed by atoms with Crippen molar-refractivity contribution in [2.75, 3.05) is 20.3 Å². The number of hydrogen-bond acceptors (Lipinski definition) is 3. The first-order chi connectivity index (χ1) is 12.2. The molecule has 1 aliphatic heterocycles. The fourth-order valence-corrected chi connectivity index (χ4v) is 3.11. The summed E-state index contributed by atoms with van der Waals surface area (Å²) < 4.78 is 11.1. The van der Waals surface area contributed by atoms with Gasteiger partial charge in [0.1, 0.15) is 18.1 Å². The second-order valence-electron chi connectivity index (χ2n) is 6.18. The summed E-state index contributed by atoms with van der Waals surface area (Å²) in [6.07, 6.45) is 2.43. The maximum Gasteiger partial charge on any atom is 0.230 e. The molecule has 3 rings (SSSR count). The van der Waals surface area contributed by atoms with E-state index >= 15 is 0 Å². The zero-order valence-electron chi connectivity index (χ0n) is 14.5. The van der Waals surface area contributed by atoms with Crippen LogP contribution in [-0.4, -0.2) is 31.1 Å². The van der Waals surface area contributed by atoms with Crippen molar-refractivity contribution in [1.82, 2.24) is 4.90 Å². The van der Waals surface area contributed by atoms with Crippen molar-refractivity contribution in [3.05, 3.63) is 72.3 Å². The van der Waals surface area contributed by atoms with Crippen molar-refractivity contribution < 1.29 is 14.3 Å². The number of hydrogen-bond donors (Lipinski definition) is 0. The lowest BCUT2D eigenvalue weighted by atomic mass is 9.95. The number of carbonyl (C=O) groups is 1. The largest absolute Gasteiger partial charge is 0.497 e. The topological polar surface area (TPSA) is 38.8 Å². The van der Waals surface area contributed by atoms with Gasteiger partial charge >= 0.3 is 0 Å². The first-order valence-corrected chi connectivity index (χ1v) is 8.44. The lowest BCUT2D eigenvalue weighted by Gasteiger charge is -2.30. The molecule has 0 saturated heterocycles. The van der Waals surface area contributed by atoms with Gasteiger partial charge in [0.15, 0.2) is 0 Å². The van der Waals surface area contributed by atoms with E-state index < -0.39 is 0 Å². The lowest BCUT2D eigenvalue weighted by molar-refractivity contribution is -0.137. The standard InChI is InChI=1S/C21H23NO3/c1-3-11-22(14-16-7-5-4-6-8-16)21(23)18-12-17-13-19(24-2)9-10-20(17)25-15-18/h3-10,13,18H,1,11-12,14-15H2,2H3. The second-order valence-corrected chi connectivity index (χ2v) is 6.18. The number of rotatable bonds is 6. The van der Waals surface area contributed by atoms with E-state index in [0.717, 1.165) is 22.6 Å². The van der Waals surface area contributed by atoms with Crippen LogP contribution in [0.4, 0.5) is 0 Å². The van der Waals surface area contributed by atoms with Crippen LogP contribution in [0.3, 0.4) is 0 Å². The zero-order chi connectivity index (χ0) is 17.6. The summed E-state index contributed by atoms with van der Waals surface area (Å²) in [4.78, 5) is 14.9. The van der Waals surface area contributed by atoms with Gasteiger partial charge in [0.05, 0.1) is 13.0 Å². The van der Waals surface area contributed by atoms with Crippen LogP contribution in [0.25, 0.3) is 0 Å². The first kappa shape index (κ1) is 17.1. The minimum Gasteiger partial charge on any atom is -0.497 e. The van der Waals surface area contributed by atoms with Gasteiger partial charge in [0.25, 0.3) is 0 Å². The summed E-state index contributed by atoms with van der Waals surface area (Å²) in [6, 6.07) is 15.7. The Bertz CT molecular complexity index is 742. The minimum atomic E-state index is -0.191. The second kappa shape index (κ2) is 7.88. The molecule has 0 bridgehead atoms. The number of methoxy groups -OCH3 is 1. The van der Waals surface area contributed by atoms with Crippen LogP contribution in [0, 0.1) is 5.92 Å². The number of benzene rings is 2. The summed E-state index contributed by atoms with van der Waals surface area (Å²) in [5.41, 5.74) is 2.12. The SMILES string of the molecule is C=CCN(Cc1ccccc1)C(=O)C1COc2ccc(OC)cc2C1. The number of nitrogens with zero attached hydrogens (tertiary/aromatic N) is 1. The summed E-state index contributed by atoms with van der Waals surface area (Å²) in [6.45, 7) is 5.29. The van der Waals surface area contributed by atoms with Crippen molar-refractivity contribution in [2.45, 2.75) is 13.0 Å². The molecule has 1 atom stereocenters. The van der Waals surface area contributed by atoms with Gasteiger partial charge in [0, 0.05) is 13.1 Å². The van der Waals surface area contributed by atoms with Crippen molar-refractivity contribution in [2.24, 2.45) is 5.92 Å². The average Bonchev–Trinajstić information content (AvgIpc) is 2.67. The highest BCUT2D eigenvalue weighted by atomic mass is 16.5. The van der Waals surface area contributed by atoms with Gasteiger partial charge in [-0.05, 0) is 35.7 Å². The summed E-state index contributed by atoms with van der Waals surface area (Å²) in [5, 5.41) is 0. The molecule has 0 saturated carbocycles. The van der Waals surface area contributed by atoms with Crippen LogP contribution in [0.15, 0.2) is 61.2 Å². The normalized spacial score (nSPS) is 15.6. The Hall–Kier alpha value is -2.75. The maximum atomic E-state index is 13.0. The molecule has 1 amide bonds. The van der Waals surface area contributed by atoms with Crippen molar-refractivity contribution in [1.29, 1.82) is 0 Å². The highest BCUT2D eigenvalue weighted by Crippen LogP contribution is 2.31. The summed E-state index contributed by atoms with van der Waals surface area (Å²) in [5.74, 6) is 1.52. The quantitative estimate of drug-likeness (QED) is 0.758. The third-order valence-corrected chi connectivity index (χ3v) is 4.40. The van der Waals surface area contributed by atoms with Crippen molar-refractivity contribution in [3.8, 4) is 11.5 Å². The van der Waals surface area contributed by atoms with Crippen LogP contribution in [0.2, 0.25) is 0 Å². The van der Waals surface area contributed by atoms with E-state index in [-0.39, 0.29) is 11.8 Å². The molecule has 1 unspecified atom stereocenters. The molecule has 2 aromatic carbocycles. The molecule has 130 valence electrons. The summed E-state index contributed by atoms with van der Waals surface area (Å²) >= 11 is 0. The molecule has 0 N–H and O–H groups in total. The molecule has 1 heterocycles. The van der Waals surface area contributed by atoms with E-state index in [2.05, 4.69) is 6.58 Å². The number of carbonyl (C=O) groups excluding carboxylic acids is 1. The third kappa shape index (κ3) is 4.02. The molecule has 4 nitrogen and oxygen atoms in total.